The van der Waals surface area contributed by atoms with Gasteiger partial charge in [0.15, 0.2) is 14.7 Å². The third-order valence-electron chi connectivity index (χ3n) is 3.02. The minimum absolute atomic E-state index is 0.0398. The Morgan fingerprint density at radius 1 is 1.16 bits per heavy atom. The molecule has 1 aromatic rings. The molecule has 12 heteroatoms. The van der Waals surface area contributed by atoms with Gasteiger partial charge in [0.1, 0.15) is 6.10 Å². The van der Waals surface area contributed by atoms with Gasteiger partial charge in [-0.15, -0.1) is 0 Å². The van der Waals surface area contributed by atoms with Crippen LogP contribution in [0.5, 0.6) is 0 Å². The van der Waals surface area contributed by atoms with Gasteiger partial charge in [0.2, 0.25) is 0 Å². The van der Waals surface area contributed by atoms with Crippen molar-refractivity contribution >= 4 is 49.1 Å². The number of aliphatic hydroxyl groups excluding tert-OH is 1. The molecule has 0 saturated heterocycles. The van der Waals surface area contributed by atoms with Gasteiger partial charge in [0, 0.05) is 6.26 Å². The zero-order valence-electron chi connectivity index (χ0n) is 13.2. The lowest BCUT2D eigenvalue weighted by atomic mass is 10.0. The summed E-state index contributed by atoms with van der Waals surface area (Å²) in [5, 5.41) is 12.6. The lowest BCUT2D eigenvalue weighted by Gasteiger charge is -2.24. The topological polar surface area (TPSA) is 127 Å². The average molecular weight is 434 g/mol. The van der Waals surface area contributed by atoms with E-state index in [1.807, 2.05) is 0 Å². The van der Waals surface area contributed by atoms with Crippen LogP contribution in [0.25, 0.3) is 0 Å². The van der Waals surface area contributed by atoms with Crippen molar-refractivity contribution in [2.45, 2.75) is 21.9 Å². The van der Waals surface area contributed by atoms with Crippen molar-refractivity contribution in [1.82, 2.24) is 5.32 Å². The van der Waals surface area contributed by atoms with Crippen LogP contribution in [0, 0.1) is 0 Å². The van der Waals surface area contributed by atoms with E-state index < -0.39 is 49.5 Å². The van der Waals surface area contributed by atoms with Crippen molar-refractivity contribution in [3.63, 3.8) is 0 Å². The van der Waals surface area contributed by atoms with Crippen LogP contribution in [0.3, 0.4) is 0 Å². The number of hydrogen-bond acceptors (Lipinski definition) is 7. The molecular formula is C13H17Cl2NO7S2. The van der Waals surface area contributed by atoms with E-state index in [1.54, 1.807) is 0 Å². The predicted molar refractivity (Wildman–Crippen MR) is 92.7 cm³/mol. The van der Waals surface area contributed by atoms with Crippen LogP contribution in [0.4, 0.5) is 0 Å². The van der Waals surface area contributed by atoms with Crippen LogP contribution in [0.2, 0.25) is 0 Å². The highest BCUT2D eigenvalue weighted by molar-refractivity contribution is 7.90. The first-order chi connectivity index (χ1) is 11.3. The standard InChI is InChI=1S/C13H17Cl2NO7S2/c1-24(19,20)9-5-3-8(4-6-9)11(17)10(7-23-25(2,21)22)16-13(18)12(14)15/h3-6,10-12,17H,7H2,1-2H3,(H,16,18). The summed E-state index contributed by atoms with van der Waals surface area (Å²) in [4.78, 5) is 10.2. The molecule has 1 amide bonds. The molecule has 0 bridgehead atoms. The predicted octanol–water partition coefficient (Wildman–Crippen LogP) is 0.388. The number of aliphatic hydroxyl groups is 1. The molecule has 0 aliphatic carbocycles. The van der Waals surface area contributed by atoms with Crippen molar-refractivity contribution in [3.05, 3.63) is 29.8 Å². The number of nitrogens with one attached hydrogen (secondary N) is 1. The second-order valence-electron chi connectivity index (χ2n) is 5.19. The zero-order valence-corrected chi connectivity index (χ0v) is 16.4. The highest BCUT2D eigenvalue weighted by Gasteiger charge is 2.27. The van der Waals surface area contributed by atoms with Crippen molar-refractivity contribution in [2.24, 2.45) is 0 Å². The maximum Gasteiger partial charge on any atom is 0.264 e. The number of amides is 1. The number of halogens is 2. The molecule has 0 spiro atoms. The average Bonchev–Trinajstić information content (AvgIpc) is 2.48. The van der Waals surface area contributed by atoms with Gasteiger partial charge in [0.05, 0.1) is 23.8 Å². The summed E-state index contributed by atoms with van der Waals surface area (Å²) in [6.45, 7) is -0.569. The van der Waals surface area contributed by atoms with Crippen LogP contribution in [0.1, 0.15) is 11.7 Å². The molecule has 0 saturated carbocycles. The maximum atomic E-state index is 11.6. The van der Waals surface area contributed by atoms with Gasteiger partial charge in [-0.25, -0.2) is 8.42 Å². The van der Waals surface area contributed by atoms with Gasteiger partial charge in [-0.3, -0.25) is 8.98 Å². The number of hydrogen-bond donors (Lipinski definition) is 2. The Balaban J connectivity index is 3.04. The van der Waals surface area contributed by atoms with Gasteiger partial charge >= 0.3 is 0 Å². The van der Waals surface area contributed by atoms with Crippen molar-refractivity contribution in [1.29, 1.82) is 0 Å². The van der Waals surface area contributed by atoms with E-state index in [1.165, 1.54) is 24.3 Å². The summed E-state index contributed by atoms with van der Waals surface area (Å²) in [6.07, 6.45) is 0.444. The Labute approximate surface area is 156 Å². The molecule has 8 nitrogen and oxygen atoms in total. The van der Waals surface area contributed by atoms with Gasteiger partial charge in [-0.1, -0.05) is 35.3 Å². The molecule has 142 valence electrons. The lowest BCUT2D eigenvalue weighted by Crippen LogP contribution is -2.45. The van der Waals surface area contributed by atoms with Crippen molar-refractivity contribution in [3.8, 4) is 0 Å². The molecule has 1 rings (SSSR count). The molecule has 0 fully saturated rings. The Bertz CT molecular complexity index is 807. The summed E-state index contributed by atoms with van der Waals surface area (Å²) in [7, 11) is -7.24. The lowest BCUT2D eigenvalue weighted by molar-refractivity contribution is -0.121. The first-order valence-electron chi connectivity index (χ1n) is 6.72. The first kappa shape index (κ1) is 22.1. The van der Waals surface area contributed by atoms with E-state index >= 15 is 0 Å². The number of rotatable bonds is 8. The molecule has 2 unspecified atom stereocenters. The van der Waals surface area contributed by atoms with Gasteiger partial charge < -0.3 is 10.4 Å². The Morgan fingerprint density at radius 2 is 1.68 bits per heavy atom. The molecule has 1 aromatic carbocycles. The summed E-state index contributed by atoms with van der Waals surface area (Å²) < 4.78 is 49.8. The third kappa shape index (κ3) is 7.47. The number of carbonyl (C=O) groups excluding carboxylic acids is 1. The summed E-state index contributed by atoms with van der Waals surface area (Å²) in [5.41, 5.74) is 0.232. The van der Waals surface area contributed by atoms with Gasteiger partial charge in [-0.05, 0) is 17.7 Å². The van der Waals surface area contributed by atoms with E-state index in [2.05, 4.69) is 9.50 Å². The summed E-state index contributed by atoms with van der Waals surface area (Å²) in [6, 6.07) is 4.02. The quantitative estimate of drug-likeness (QED) is 0.448. The SMILES string of the molecule is CS(=O)(=O)OCC(NC(=O)C(Cl)Cl)C(O)c1ccc(S(C)(=O)=O)cc1. The monoisotopic (exact) mass is 433 g/mol. The highest BCUT2D eigenvalue weighted by Crippen LogP contribution is 2.20. The Hall–Kier alpha value is -0.910. The zero-order chi connectivity index (χ0) is 19.4. The van der Waals surface area contributed by atoms with Crippen LogP contribution >= 0.6 is 23.2 Å². The van der Waals surface area contributed by atoms with E-state index in [4.69, 9.17) is 23.2 Å². The molecule has 2 atom stereocenters. The molecule has 0 radical (unpaired) electrons. The van der Waals surface area contributed by atoms with E-state index in [-0.39, 0.29) is 10.5 Å². The minimum atomic E-state index is -3.82. The third-order valence-corrected chi connectivity index (χ3v) is 5.11. The molecule has 2 N–H and O–H groups in total. The first-order valence-corrected chi connectivity index (χ1v) is 11.3. The van der Waals surface area contributed by atoms with Gasteiger partial charge in [-0.2, -0.15) is 8.42 Å². The minimum Gasteiger partial charge on any atom is -0.386 e. The van der Waals surface area contributed by atoms with Gasteiger partial charge in [0.25, 0.3) is 16.0 Å². The summed E-state index contributed by atoms with van der Waals surface area (Å²) >= 11 is 10.9. The van der Waals surface area contributed by atoms with E-state index in [0.29, 0.717) is 0 Å². The summed E-state index contributed by atoms with van der Waals surface area (Å²) in [5.74, 6) is -0.850. The van der Waals surface area contributed by atoms with Crippen LogP contribution in [0.15, 0.2) is 29.2 Å². The maximum absolute atomic E-state index is 11.6. The van der Waals surface area contributed by atoms with E-state index in [9.17, 15) is 26.7 Å². The smallest absolute Gasteiger partial charge is 0.264 e. The second-order valence-corrected chi connectivity index (χ2v) is 9.95. The van der Waals surface area contributed by atoms with Crippen LogP contribution in [-0.4, -0.2) is 57.8 Å². The fourth-order valence-electron chi connectivity index (χ4n) is 1.80. The Morgan fingerprint density at radius 3 is 2.08 bits per heavy atom. The molecular weight excluding hydrogens is 417 g/mol. The number of benzene rings is 1. The fraction of sp³-hybridized carbons (Fsp3) is 0.462. The molecule has 0 aliphatic rings. The normalized spacial score (nSPS) is 15.0. The molecule has 0 heterocycles. The number of alkyl halides is 2. The molecule has 25 heavy (non-hydrogen) atoms. The Kier molecular flexibility index (Phi) is 7.66. The van der Waals surface area contributed by atoms with Crippen LogP contribution in [-0.2, 0) is 28.9 Å². The van der Waals surface area contributed by atoms with Crippen molar-refractivity contribution in [2.75, 3.05) is 19.1 Å². The molecule has 0 aliphatic heterocycles. The molecule has 0 aromatic heterocycles. The van der Waals surface area contributed by atoms with Crippen LogP contribution < -0.4 is 5.32 Å². The highest BCUT2D eigenvalue weighted by atomic mass is 35.5. The number of sulfone groups is 1. The second kappa shape index (κ2) is 8.65. The fourth-order valence-corrected chi connectivity index (χ4v) is 2.95. The number of carbonyl (C=O) groups is 1. The van der Waals surface area contributed by atoms with Crippen molar-refractivity contribution < 1.29 is 30.9 Å². The van der Waals surface area contributed by atoms with E-state index in [0.717, 1.165) is 12.5 Å². The largest absolute Gasteiger partial charge is 0.386 e.